The Morgan fingerprint density at radius 2 is 1.84 bits per heavy atom. The highest BCUT2D eigenvalue weighted by Crippen LogP contribution is 2.08. The predicted molar refractivity (Wildman–Crippen MR) is 75.7 cm³/mol. The lowest BCUT2D eigenvalue weighted by Crippen LogP contribution is -2.12. The molecule has 0 fully saturated rings. The van der Waals surface area contributed by atoms with Gasteiger partial charge in [-0.25, -0.2) is 0 Å². The molecule has 4 nitrogen and oxygen atoms in total. The van der Waals surface area contributed by atoms with Crippen molar-refractivity contribution in [3.63, 3.8) is 0 Å². The monoisotopic (exact) mass is 328 g/mol. The number of esters is 1. The number of alkyl halides is 1. The van der Waals surface area contributed by atoms with Crippen LogP contribution in [0.15, 0.2) is 24.3 Å². The molecule has 0 radical (unpaired) electrons. The van der Waals surface area contributed by atoms with E-state index < -0.39 is 0 Å². The fourth-order valence-electron chi connectivity index (χ4n) is 1.46. The molecule has 0 spiro atoms. The summed E-state index contributed by atoms with van der Waals surface area (Å²) in [7, 11) is 0. The third-order valence-corrected chi connectivity index (χ3v) is 2.95. The fourth-order valence-corrected chi connectivity index (χ4v) is 1.79. The Kier molecular flexibility index (Phi) is 7.36. The van der Waals surface area contributed by atoms with Gasteiger partial charge in [0.15, 0.2) is 5.78 Å². The topological polar surface area (TPSA) is 52.6 Å². The highest BCUT2D eigenvalue weighted by molar-refractivity contribution is 9.09. The molecule has 0 heterocycles. The van der Waals surface area contributed by atoms with Gasteiger partial charge in [-0.15, -0.1) is 0 Å². The molecule has 1 rings (SSSR count). The summed E-state index contributed by atoms with van der Waals surface area (Å²) < 4.78 is 10.1. The van der Waals surface area contributed by atoms with Crippen LogP contribution in [0.5, 0.6) is 0 Å². The maximum atomic E-state index is 11.5. The minimum Gasteiger partial charge on any atom is -0.463 e. The maximum Gasteiger partial charge on any atom is 0.310 e. The summed E-state index contributed by atoms with van der Waals surface area (Å²) in [5.74, 6) is -0.273. The second-order valence-electron chi connectivity index (χ2n) is 3.85. The van der Waals surface area contributed by atoms with E-state index in [2.05, 4.69) is 15.9 Å². The van der Waals surface area contributed by atoms with Crippen molar-refractivity contribution in [3.05, 3.63) is 35.4 Å². The van der Waals surface area contributed by atoms with Gasteiger partial charge in [-0.2, -0.15) is 0 Å². The third-order valence-electron chi connectivity index (χ3n) is 2.44. The standard InChI is InChI=1S/C14H17BrO4/c1-2-18-7-8-19-14(17)9-11-3-5-12(6-4-11)13(16)10-15/h3-6H,2,7-10H2,1H3. The Morgan fingerprint density at radius 3 is 2.42 bits per heavy atom. The molecule has 0 aliphatic rings. The highest BCUT2D eigenvalue weighted by Gasteiger charge is 2.07. The number of Topliss-reactive ketones (excluding diaryl/α,β-unsaturated/α-hetero) is 1. The van der Waals surface area contributed by atoms with Crippen LogP contribution in [-0.4, -0.2) is 36.9 Å². The lowest BCUT2D eigenvalue weighted by molar-refractivity contribution is -0.144. The van der Waals surface area contributed by atoms with E-state index in [1.165, 1.54) is 0 Å². The van der Waals surface area contributed by atoms with Crippen LogP contribution in [0.4, 0.5) is 0 Å². The zero-order valence-electron chi connectivity index (χ0n) is 10.9. The summed E-state index contributed by atoms with van der Waals surface area (Å²) in [6.07, 6.45) is 0.203. The first-order valence-electron chi connectivity index (χ1n) is 6.08. The third kappa shape index (κ3) is 5.98. The molecule has 0 saturated carbocycles. The Hall–Kier alpha value is -1.20. The lowest BCUT2D eigenvalue weighted by atomic mass is 10.1. The highest BCUT2D eigenvalue weighted by atomic mass is 79.9. The number of halogens is 1. The molecule has 1 aromatic carbocycles. The van der Waals surface area contributed by atoms with E-state index in [1.54, 1.807) is 24.3 Å². The number of rotatable bonds is 8. The number of hydrogen-bond acceptors (Lipinski definition) is 4. The molecule has 1 aromatic rings. The van der Waals surface area contributed by atoms with Crippen LogP contribution in [0, 0.1) is 0 Å². The molecule has 0 saturated heterocycles. The smallest absolute Gasteiger partial charge is 0.310 e. The van der Waals surface area contributed by atoms with E-state index in [1.807, 2.05) is 6.92 Å². The fraction of sp³-hybridized carbons (Fsp3) is 0.429. The molecule has 0 amide bonds. The molecule has 0 unspecified atom stereocenters. The van der Waals surface area contributed by atoms with Crippen LogP contribution in [0.3, 0.4) is 0 Å². The van der Waals surface area contributed by atoms with E-state index in [0.29, 0.717) is 24.1 Å². The molecule has 0 aliphatic carbocycles. The SMILES string of the molecule is CCOCCOC(=O)Cc1ccc(C(=O)CBr)cc1. The molecule has 19 heavy (non-hydrogen) atoms. The Bertz CT molecular complexity index is 414. The molecule has 0 N–H and O–H groups in total. The average Bonchev–Trinajstić information content (AvgIpc) is 2.43. The van der Waals surface area contributed by atoms with Crippen molar-refractivity contribution in [1.29, 1.82) is 0 Å². The number of ether oxygens (including phenoxy) is 2. The van der Waals surface area contributed by atoms with E-state index in [0.717, 1.165) is 5.56 Å². The molecule has 5 heteroatoms. The van der Waals surface area contributed by atoms with Gasteiger partial charge in [-0.05, 0) is 12.5 Å². The minimum atomic E-state index is -0.292. The minimum absolute atomic E-state index is 0.0193. The van der Waals surface area contributed by atoms with Gasteiger partial charge >= 0.3 is 5.97 Å². The first kappa shape index (κ1) is 15.9. The second-order valence-corrected chi connectivity index (χ2v) is 4.41. The van der Waals surface area contributed by atoms with Crippen LogP contribution in [-0.2, 0) is 20.7 Å². The average molecular weight is 329 g/mol. The predicted octanol–water partition coefficient (Wildman–Crippen LogP) is 2.39. The van der Waals surface area contributed by atoms with Gasteiger partial charge in [0.05, 0.1) is 18.4 Å². The van der Waals surface area contributed by atoms with E-state index >= 15 is 0 Å². The van der Waals surface area contributed by atoms with Crippen LogP contribution in [0.25, 0.3) is 0 Å². The van der Waals surface area contributed by atoms with E-state index in [-0.39, 0.29) is 24.8 Å². The molecule has 0 aliphatic heterocycles. The number of carbonyl (C=O) groups is 2. The first-order chi connectivity index (χ1) is 9.17. The van der Waals surface area contributed by atoms with E-state index in [9.17, 15) is 9.59 Å². The zero-order chi connectivity index (χ0) is 14.1. The molecule has 0 bridgehead atoms. The largest absolute Gasteiger partial charge is 0.463 e. The van der Waals surface area contributed by atoms with Crippen LogP contribution in [0.2, 0.25) is 0 Å². The van der Waals surface area contributed by atoms with Crippen molar-refractivity contribution < 1.29 is 19.1 Å². The van der Waals surface area contributed by atoms with Crippen LogP contribution in [0.1, 0.15) is 22.8 Å². The molecular weight excluding hydrogens is 312 g/mol. The van der Waals surface area contributed by atoms with E-state index in [4.69, 9.17) is 9.47 Å². The quantitative estimate of drug-likeness (QED) is 0.318. The number of benzene rings is 1. The maximum absolute atomic E-state index is 11.5. The number of hydrogen-bond donors (Lipinski definition) is 0. The summed E-state index contributed by atoms with van der Waals surface area (Å²) in [6.45, 7) is 3.19. The van der Waals surface area contributed by atoms with Gasteiger partial charge in [-0.3, -0.25) is 9.59 Å². The van der Waals surface area contributed by atoms with Crippen LogP contribution < -0.4 is 0 Å². The van der Waals surface area contributed by atoms with Gasteiger partial charge < -0.3 is 9.47 Å². The first-order valence-corrected chi connectivity index (χ1v) is 7.21. The Balaban J connectivity index is 2.40. The zero-order valence-corrected chi connectivity index (χ0v) is 12.4. The number of ketones is 1. The van der Waals surface area contributed by atoms with Crippen molar-refractivity contribution in [2.75, 3.05) is 25.2 Å². The molecular formula is C14H17BrO4. The second kappa shape index (κ2) is 8.82. The van der Waals surface area contributed by atoms with Crippen LogP contribution >= 0.6 is 15.9 Å². The summed E-state index contributed by atoms with van der Waals surface area (Å²) in [4.78, 5) is 22.9. The van der Waals surface area contributed by atoms with Gasteiger partial charge in [0.1, 0.15) is 6.61 Å². The van der Waals surface area contributed by atoms with Crippen molar-refractivity contribution in [2.24, 2.45) is 0 Å². The summed E-state index contributed by atoms with van der Waals surface area (Å²) in [5, 5.41) is 0.297. The normalized spacial score (nSPS) is 10.2. The number of carbonyl (C=O) groups excluding carboxylic acids is 2. The van der Waals surface area contributed by atoms with Gasteiger partial charge in [0, 0.05) is 12.2 Å². The molecule has 0 aromatic heterocycles. The Labute approximate surface area is 121 Å². The summed E-state index contributed by atoms with van der Waals surface area (Å²) >= 11 is 3.12. The van der Waals surface area contributed by atoms with Crippen molar-refractivity contribution in [1.82, 2.24) is 0 Å². The summed E-state index contributed by atoms with van der Waals surface area (Å²) in [6, 6.07) is 6.96. The molecule has 0 atom stereocenters. The Morgan fingerprint density at radius 1 is 1.16 bits per heavy atom. The lowest BCUT2D eigenvalue weighted by Gasteiger charge is -2.05. The van der Waals surface area contributed by atoms with Gasteiger partial charge in [0.25, 0.3) is 0 Å². The van der Waals surface area contributed by atoms with Gasteiger partial charge in [-0.1, -0.05) is 40.2 Å². The molecule has 104 valence electrons. The van der Waals surface area contributed by atoms with Crippen molar-refractivity contribution in [2.45, 2.75) is 13.3 Å². The van der Waals surface area contributed by atoms with Crippen molar-refractivity contribution >= 4 is 27.7 Å². The van der Waals surface area contributed by atoms with Gasteiger partial charge in [0.2, 0.25) is 0 Å². The summed E-state index contributed by atoms with van der Waals surface area (Å²) in [5.41, 5.74) is 1.46. The van der Waals surface area contributed by atoms with Crippen molar-refractivity contribution in [3.8, 4) is 0 Å².